The molecule has 4 saturated carbocycles. The quantitative estimate of drug-likeness (QED) is 0.417. The fourth-order valence-electron chi connectivity index (χ4n) is 4.54. The molecule has 0 amide bonds. The topological polar surface area (TPSA) is 23.1 Å². The van der Waals surface area contributed by atoms with Gasteiger partial charge >= 0.3 is 18.9 Å². The average molecular weight is 198 g/mol. The first kappa shape index (κ1) is 11.8. The van der Waals surface area contributed by atoms with Crippen LogP contribution in [0.2, 0.25) is 0 Å². The van der Waals surface area contributed by atoms with Gasteiger partial charge in [-0.25, -0.2) is 0 Å². The predicted molar refractivity (Wildman–Crippen MR) is 54.6 cm³/mol. The molecule has 1 nitrogen and oxygen atoms in total. The summed E-state index contributed by atoms with van der Waals surface area (Å²) in [6.07, 6.45) is 8.90. The second-order valence-electron chi connectivity index (χ2n) is 5.75. The molecule has 0 aromatic carbocycles. The first-order valence-corrected chi connectivity index (χ1v) is 6.03. The van der Waals surface area contributed by atoms with Crippen LogP contribution in [-0.4, -0.2) is 5.60 Å². The average Bonchev–Trinajstić information content (AvgIpc) is 2.14. The maximum Gasteiger partial charge on any atom is 1.00 e. The van der Waals surface area contributed by atoms with Gasteiger partial charge in [-0.3, -0.25) is 0 Å². The van der Waals surface area contributed by atoms with Crippen LogP contribution in [0.25, 0.3) is 0 Å². The van der Waals surface area contributed by atoms with Gasteiger partial charge in [0.2, 0.25) is 0 Å². The van der Waals surface area contributed by atoms with Crippen molar-refractivity contribution in [3.8, 4) is 0 Å². The van der Waals surface area contributed by atoms with Crippen molar-refractivity contribution in [2.45, 2.75) is 44.1 Å². The Bertz CT molecular complexity index is 233. The minimum absolute atomic E-state index is 0. The van der Waals surface area contributed by atoms with Crippen LogP contribution < -0.4 is 24.0 Å². The van der Waals surface area contributed by atoms with Crippen LogP contribution in [0.5, 0.6) is 0 Å². The van der Waals surface area contributed by atoms with Crippen molar-refractivity contribution in [1.82, 2.24) is 0 Å². The van der Waals surface area contributed by atoms with E-state index in [1.165, 1.54) is 32.1 Å². The molecule has 0 atom stereocenters. The summed E-state index contributed by atoms with van der Waals surface area (Å²) in [6, 6.07) is 0. The van der Waals surface area contributed by atoms with Crippen molar-refractivity contribution in [2.24, 2.45) is 23.7 Å². The minimum atomic E-state index is -0.616. The van der Waals surface area contributed by atoms with Gasteiger partial charge in [0.1, 0.15) is 0 Å². The minimum Gasteiger partial charge on any atom is -0.849 e. The van der Waals surface area contributed by atoms with Crippen LogP contribution in [-0.2, 0) is 0 Å². The predicted octanol–water partition coefficient (Wildman–Crippen LogP) is -0.878. The van der Waals surface area contributed by atoms with Crippen molar-refractivity contribution < 1.29 is 24.0 Å². The van der Waals surface area contributed by atoms with E-state index in [2.05, 4.69) is 6.58 Å². The first-order valence-electron chi connectivity index (χ1n) is 6.03. The van der Waals surface area contributed by atoms with E-state index in [-0.39, 0.29) is 18.9 Å². The molecule has 15 heavy (non-hydrogen) atoms. The third-order valence-electron chi connectivity index (χ3n) is 4.98. The molecule has 0 aromatic rings. The van der Waals surface area contributed by atoms with Gasteiger partial charge in [0.15, 0.2) is 0 Å². The third-order valence-corrected chi connectivity index (χ3v) is 4.98. The molecule has 4 aliphatic carbocycles. The fourth-order valence-corrected chi connectivity index (χ4v) is 4.54. The smallest absolute Gasteiger partial charge is 0.849 e. The summed E-state index contributed by atoms with van der Waals surface area (Å²) in [5.74, 6) is 2.78. The van der Waals surface area contributed by atoms with E-state index in [0.717, 1.165) is 11.8 Å². The van der Waals surface area contributed by atoms with Crippen LogP contribution in [0, 0.1) is 23.7 Å². The summed E-state index contributed by atoms with van der Waals surface area (Å²) < 4.78 is 0. The van der Waals surface area contributed by atoms with Crippen LogP contribution in [0.15, 0.2) is 12.7 Å². The molecular weight excluding hydrogens is 179 g/mol. The first-order chi connectivity index (χ1) is 6.72. The Kier molecular flexibility index (Phi) is 3.10. The number of rotatable bonds is 2. The zero-order valence-electron chi connectivity index (χ0n) is 9.74. The van der Waals surface area contributed by atoms with Crippen molar-refractivity contribution in [2.75, 3.05) is 0 Å². The van der Waals surface area contributed by atoms with Crippen molar-refractivity contribution in [3.63, 3.8) is 0 Å². The normalized spacial score (nSPS) is 51.3. The van der Waals surface area contributed by atoms with Gasteiger partial charge in [-0.05, 0) is 50.4 Å². The Balaban J connectivity index is 0.000000853. The number of hydrogen-bond acceptors (Lipinski definition) is 1. The summed E-state index contributed by atoms with van der Waals surface area (Å²) in [7, 11) is 0. The second-order valence-corrected chi connectivity index (χ2v) is 5.75. The maximum absolute atomic E-state index is 12.8. The SMILES string of the molecule is C=CCC1([O-])C2CC3CC(C2)CC1C3.[Li+]. The largest absolute Gasteiger partial charge is 1.00 e. The Labute approximate surface area is 105 Å². The van der Waals surface area contributed by atoms with Crippen molar-refractivity contribution >= 4 is 0 Å². The molecule has 4 fully saturated rings. The van der Waals surface area contributed by atoms with E-state index >= 15 is 0 Å². The molecule has 0 heterocycles. The van der Waals surface area contributed by atoms with E-state index in [4.69, 9.17) is 0 Å². The van der Waals surface area contributed by atoms with Gasteiger partial charge in [-0.15, -0.1) is 12.2 Å². The molecule has 4 bridgehead atoms. The van der Waals surface area contributed by atoms with E-state index in [9.17, 15) is 5.11 Å². The van der Waals surface area contributed by atoms with Crippen LogP contribution >= 0.6 is 0 Å². The molecule has 78 valence electrons. The van der Waals surface area contributed by atoms with E-state index in [1.807, 2.05) is 6.08 Å². The molecule has 0 saturated heterocycles. The Morgan fingerprint density at radius 3 is 1.93 bits per heavy atom. The summed E-state index contributed by atoms with van der Waals surface area (Å²) in [4.78, 5) is 0. The van der Waals surface area contributed by atoms with Gasteiger partial charge in [-0.2, -0.15) is 0 Å². The molecule has 0 unspecified atom stereocenters. The molecule has 0 N–H and O–H groups in total. The standard InChI is InChI=1S/C13H19O.Li/c1-2-3-13(14)11-5-9-4-10(7-11)8-12(13)6-9;/h2,9-12H,1,3-8H2;/q-1;+1. The summed E-state index contributed by atoms with van der Waals surface area (Å²) in [5.41, 5.74) is -0.616. The second kappa shape index (κ2) is 3.95. The van der Waals surface area contributed by atoms with Crippen molar-refractivity contribution in [3.05, 3.63) is 12.7 Å². The van der Waals surface area contributed by atoms with Crippen LogP contribution in [0.1, 0.15) is 38.5 Å². The summed E-state index contributed by atoms with van der Waals surface area (Å²) in [5, 5.41) is 12.8. The Morgan fingerprint density at radius 2 is 1.53 bits per heavy atom. The molecule has 4 rings (SSSR count). The number of hydrogen-bond donors (Lipinski definition) is 0. The summed E-state index contributed by atoms with van der Waals surface area (Å²) >= 11 is 0. The van der Waals surface area contributed by atoms with Gasteiger partial charge < -0.3 is 5.11 Å². The zero-order valence-corrected chi connectivity index (χ0v) is 9.74. The Morgan fingerprint density at radius 1 is 1.07 bits per heavy atom. The van der Waals surface area contributed by atoms with Gasteiger partial charge in [-0.1, -0.05) is 17.9 Å². The van der Waals surface area contributed by atoms with E-state index in [1.54, 1.807) is 0 Å². The summed E-state index contributed by atoms with van der Waals surface area (Å²) in [6.45, 7) is 3.76. The Hall–Kier alpha value is 0.297. The van der Waals surface area contributed by atoms with Crippen molar-refractivity contribution in [1.29, 1.82) is 0 Å². The molecule has 2 heteroatoms. The maximum atomic E-state index is 12.8. The molecule has 0 aromatic heterocycles. The molecule has 0 radical (unpaired) electrons. The molecule has 0 spiro atoms. The van der Waals surface area contributed by atoms with Gasteiger partial charge in [0.05, 0.1) is 0 Å². The molecular formula is C13H19LiO. The molecule has 4 aliphatic rings. The molecule has 0 aliphatic heterocycles. The van der Waals surface area contributed by atoms with E-state index in [0.29, 0.717) is 18.3 Å². The fraction of sp³-hybridized carbons (Fsp3) is 0.846. The third kappa shape index (κ3) is 1.64. The van der Waals surface area contributed by atoms with Crippen LogP contribution in [0.3, 0.4) is 0 Å². The van der Waals surface area contributed by atoms with Gasteiger partial charge in [0.25, 0.3) is 0 Å². The zero-order chi connectivity index (χ0) is 9.76. The monoisotopic (exact) mass is 198 g/mol. The van der Waals surface area contributed by atoms with Crippen LogP contribution in [0.4, 0.5) is 0 Å². The van der Waals surface area contributed by atoms with E-state index < -0.39 is 5.60 Å². The van der Waals surface area contributed by atoms with Gasteiger partial charge in [0, 0.05) is 0 Å².